The Balaban J connectivity index is 1.84. The maximum atomic E-state index is 8.65. The highest BCUT2D eigenvalue weighted by Gasteiger charge is 1.99. The van der Waals surface area contributed by atoms with Crippen molar-refractivity contribution in [2.45, 2.75) is 18.4 Å². The van der Waals surface area contributed by atoms with Crippen LogP contribution >= 0.6 is 23.1 Å². The third kappa shape index (κ3) is 4.76. The number of benzene rings is 1. The minimum Gasteiger partial charge on any atom is -0.384 e. The molecule has 19 heavy (non-hydrogen) atoms. The van der Waals surface area contributed by atoms with Crippen molar-refractivity contribution in [1.29, 1.82) is 0 Å². The molecule has 3 heteroatoms. The van der Waals surface area contributed by atoms with Crippen LogP contribution in [0.3, 0.4) is 0 Å². The van der Waals surface area contributed by atoms with E-state index in [2.05, 4.69) is 49.1 Å². The van der Waals surface area contributed by atoms with Crippen LogP contribution in [0.15, 0.2) is 36.4 Å². The third-order valence-electron chi connectivity index (χ3n) is 2.55. The minimum atomic E-state index is -0.0741. The number of aliphatic hydroxyl groups excluding tert-OH is 1. The van der Waals surface area contributed by atoms with Gasteiger partial charge in [0.25, 0.3) is 0 Å². The zero-order valence-electron chi connectivity index (χ0n) is 10.8. The standard InChI is InChI=1S/C16H16OS2/c1-13-4-2-5-14(10-13)11-18-12-16-8-7-15(19-16)6-3-9-17/h2,4-5,7-8,10,17H,9,11-12H2,1H3. The summed E-state index contributed by atoms with van der Waals surface area (Å²) in [6.45, 7) is 2.05. The van der Waals surface area contributed by atoms with Gasteiger partial charge in [0.15, 0.2) is 0 Å². The maximum absolute atomic E-state index is 8.65. The minimum absolute atomic E-state index is 0.0741. The summed E-state index contributed by atoms with van der Waals surface area (Å²) in [7, 11) is 0. The summed E-state index contributed by atoms with van der Waals surface area (Å²) < 4.78 is 0. The highest BCUT2D eigenvalue weighted by atomic mass is 32.2. The molecule has 0 atom stereocenters. The molecular formula is C16H16OS2. The normalized spacial score (nSPS) is 10.0. The molecule has 0 aliphatic carbocycles. The average molecular weight is 288 g/mol. The lowest BCUT2D eigenvalue weighted by Crippen LogP contribution is -1.82. The number of thiophene rings is 1. The fraction of sp³-hybridized carbons (Fsp3) is 0.250. The molecule has 0 bridgehead atoms. The second kappa shape index (κ2) is 7.40. The molecule has 2 aromatic rings. The summed E-state index contributed by atoms with van der Waals surface area (Å²) in [6.07, 6.45) is 0. The lowest BCUT2D eigenvalue weighted by molar-refractivity contribution is 0.350. The first-order valence-corrected chi connectivity index (χ1v) is 8.07. The van der Waals surface area contributed by atoms with Gasteiger partial charge < -0.3 is 5.11 Å². The highest BCUT2D eigenvalue weighted by molar-refractivity contribution is 7.97. The Kier molecular flexibility index (Phi) is 5.53. The van der Waals surface area contributed by atoms with Crippen LogP contribution in [0.4, 0.5) is 0 Å². The van der Waals surface area contributed by atoms with Gasteiger partial charge in [-0.05, 0) is 24.6 Å². The molecule has 1 N–H and O–H groups in total. The molecular weight excluding hydrogens is 272 g/mol. The molecule has 1 aromatic heterocycles. The number of hydrogen-bond acceptors (Lipinski definition) is 3. The molecule has 0 saturated heterocycles. The molecule has 0 aliphatic heterocycles. The van der Waals surface area contributed by atoms with Crippen molar-refractivity contribution >= 4 is 23.1 Å². The highest BCUT2D eigenvalue weighted by Crippen LogP contribution is 2.23. The smallest absolute Gasteiger partial charge is 0.104 e. The van der Waals surface area contributed by atoms with E-state index in [1.807, 2.05) is 17.8 Å². The summed E-state index contributed by atoms with van der Waals surface area (Å²) in [5.41, 5.74) is 2.69. The van der Waals surface area contributed by atoms with Crippen molar-refractivity contribution < 1.29 is 5.11 Å². The van der Waals surface area contributed by atoms with Gasteiger partial charge in [-0.2, -0.15) is 11.8 Å². The second-order valence-electron chi connectivity index (χ2n) is 4.21. The molecule has 0 amide bonds. The van der Waals surface area contributed by atoms with Gasteiger partial charge in [0.2, 0.25) is 0 Å². The number of aryl methyl sites for hydroxylation is 1. The molecule has 2 rings (SSSR count). The monoisotopic (exact) mass is 288 g/mol. The molecule has 1 nitrogen and oxygen atoms in total. The Bertz CT molecular complexity index is 590. The summed E-state index contributed by atoms with van der Waals surface area (Å²) in [5.74, 6) is 7.67. The van der Waals surface area contributed by atoms with Gasteiger partial charge in [0, 0.05) is 16.4 Å². The van der Waals surface area contributed by atoms with E-state index in [1.165, 1.54) is 16.0 Å². The van der Waals surface area contributed by atoms with E-state index in [9.17, 15) is 0 Å². The van der Waals surface area contributed by atoms with Crippen LogP contribution in [0.25, 0.3) is 0 Å². The van der Waals surface area contributed by atoms with E-state index < -0.39 is 0 Å². The molecule has 0 unspecified atom stereocenters. The van der Waals surface area contributed by atoms with Crippen molar-refractivity contribution in [1.82, 2.24) is 0 Å². The van der Waals surface area contributed by atoms with Crippen LogP contribution < -0.4 is 0 Å². The Hall–Kier alpha value is -1.21. The van der Waals surface area contributed by atoms with Crippen molar-refractivity contribution in [3.05, 3.63) is 57.3 Å². The lowest BCUT2D eigenvalue weighted by Gasteiger charge is -2.01. The molecule has 1 aromatic carbocycles. The van der Waals surface area contributed by atoms with Gasteiger partial charge in [0.05, 0.1) is 4.88 Å². The summed E-state index contributed by atoms with van der Waals surface area (Å²) >= 11 is 3.62. The summed E-state index contributed by atoms with van der Waals surface area (Å²) in [6, 6.07) is 12.8. The van der Waals surface area contributed by atoms with Crippen molar-refractivity contribution in [3.8, 4) is 11.8 Å². The SMILES string of the molecule is Cc1cccc(CSCc2ccc(C#CCO)s2)c1. The van der Waals surface area contributed by atoms with E-state index >= 15 is 0 Å². The van der Waals surface area contributed by atoms with E-state index in [0.717, 1.165) is 16.4 Å². The predicted octanol–water partition coefficient (Wildman–Crippen LogP) is 3.83. The zero-order valence-corrected chi connectivity index (χ0v) is 12.5. The number of rotatable bonds is 4. The lowest BCUT2D eigenvalue weighted by atomic mass is 10.2. The quantitative estimate of drug-likeness (QED) is 0.863. The molecule has 0 fully saturated rings. The topological polar surface area (TPSA) is 20.2 Å². The average Bonchev–Trinajstić information content (AvgIpc) is 2.84. The van der Waals surface area contributed by atoms with Gasteiger partial charge in [-0.3, -0.25) is 0 Å². The maximum Gasteiger partial charge on any atom is 0.104 e. The van der Waals surface area contributed by atoms with E-state index in [1.54, 1.807) is 11.3 Å². The van der Waals surface area contributed by atoms with Gasteiger partial charge in [-0.1, -0.05) is 41.7 Å². The molecule has 0 saturated carbocycles. The fourth-order valence-corrected chi connectivity index (χ4v) is 3.70. The fourth-order valence-electron chi connectivity index (χ4n) is 1.72. The van der Waals surface area contributed by atoms with E-state index in [0.29, 0.717) is 0 Å². The zero-order chi connectivity index (χ0) is 13.5. The molecule has 0 aliphatic rings. The van der Waals surface area contributed by atoms with Crippen LogP contribution in [-0.4, -0.2) is 11.7 Å². The Morgan fingerprint density at radius 3 is 2.89 bits per heavy atom. The molecule has 1 heterocycles. The van der Waals surface area contributed by atoms with Gasteiger partial charge in [-0.15, -0.1) is 11.3 Å². The van der Waals surface area contributed by atoms with E-state index in [-0.39, 0.29) is 6.61 Å². The van der Waals surface area contributed by atoms with Gasteiger partial charge in [0.1, 0.15) is 6.61 Å². The number of hydrogen-bond donors (Lipinski definition) is 1. The van der Waals surface area contributed by atoms with Crippen molar-refractivity contribution in [3.63, 3.8) is 0 Å². The van der Waals surface area contributed by atoms with Crippen LogP contribution in [-0.2, 0) is 11.5 Å². The van der Waals surface area contributed by atoms with E-state index in [4.69, 9.17) is 5.11 Å². The Labute approximate surface area is 122 Å². The Morgan fingerprint density at radius 1 is 1.21 bits per heavy atom. The van der Waals surface area contributed by atoms with Crippen molar-refractivity contribution in [2.75, 3.05) is 6.61 Å². The van der Waals surface area contributed by atoms with Gasteiger partial charge >= 0.3 is 0 Å². The summed E-state index contributed by atoms with van der Waals surface area (Å²) in [5, 5.41) is 8.65. The van der Waals surface area contributed by atoms with Crippen molar-refractivity contribution in [2.24, 2.45) is 0 Å². The van der Waals surface area contributed by atoms with Crippen LogP contribution in [0.5, 0.6) is 0 Å². The number of thioether (sulfide) groups is 1. The molecule has 0 radical (unpaired) electrons. The predicted molar refractivity (Wildman–Crippen MR) is 84.5 cm³/mol. The van der Waals surface area contributed by atoms with Crippen LogP contribution in [0, 0.1) is 18.8 Å². The largest absolute Gasteiger partial charge is 0.384 e. The van der Waals surface area contributed by atoms with Crippen LogP contribution in [0.1, 0.15) is 20.9 Å². The first-order chi connectivity index (χ1) is 9.28. The number of aliphatic hydroxyl groups is 1. The second-order valence-corrected chi connectivity index (χ2v) is 6.36. The molecule has 98 valence electrons. The Morgan fingerprint density at radius 2 is 2.11 bits per heavy atom. The first-order valence-electron chi connectivity index (χ1n) is 6.09. The molecule has 0 spiro atoms. The first kappa shape index (κ1) is 14.2. The van der Waals surface area contributed by atoms with Crippen LogP contribution in [0.2, 0.25) is 0 Å². The third-order valence-corrected chi connectivity index (χ3v) is 4.78. The summed E-state index contributed by atoms with van der Waals surface area (Å²) in [4.78, 5) is 2.36. The van der Waals surface area contributed by atoms with Gasteiger partial charge in [-0.25, -0.2) is 0 Å².